The van der Waals surface area contributed by atoms with Crippen molar-refractivity contribution in [3.8, 4) is 0 Å². The zero-order valence-corrected chi connectivity index (χ0v) is 18.7. The van der Waals surface area contributed by atoms with Gasteiger partial charge in [0.25, 0.3) is 5.56 Å². The summed E-state index contributed by atoms with van der Waals surface area (Å²) in [5, 5.41) is 0.499. The monoisotopic (exact) mass is 436 g/mol. The second-order valence-corrected chi connectivity index (χ2v) is 8.31. The first-order valence-electron chi connectivity index (χ1n) is 10.0. The van der Waals surface area contributed by atoms with Crippen LogP contribution in [-0.4, -0.2) is 38.2 Å². The Morgan fingerprint density at radius 1 is 1.13 bits per heavy atom. The van der Waals surface area contributed by atoms with E-state index in [9.17, 15) is 14.4 Å². The number of aromatic amines is 1. The SMILES string of the molecule is CCOC(Cn1c(=O)n(C(C)C)c(=O)c2c(C)c(Cn3cc[nH]c3=O)sc21)OCC. The van der Waals surface area contributed by atoms with E-state index in [1.165, 1.54) is 20.5 Å². The van der Waals surface area contributed by atoms with E-state index in [2.05, 4.69) is 4.98 Å². The fourth-order valence-corrected chi connectivity index (χ4v) is 4.78. The first-order chi connectivity index (χ1) is 14.3. The van der Waals surface area contributed by atoms with E-state index in [1.54, 1.807) is 17.0 Å². The predicted octanol–water partition coefficient (Wildman–Crippen LogP) is 2.05. The van der Waals surface area contributed by atoms with Crippen LogP contribution in [0.25, 0.3) is 10.2 Å². The summed E-state index contributed by atoms with van der Waals surface area (Å²) in [5.74, 6) is 0. The van der Waals surface area contributed by atoms with E-state index >= 15 is 0 Å². The Bertz CT molecular complexity index is 1190. The van der Waals surface area contributed by atoms with Crippen LogP contribution in [0.2, 0.25) is 0 Å². The number of nitrogens with zero attached hydrogens (tertiary/aromatic N) is 3. The van der Waals surface area contributed by atoms with Gasteiger partial charge in [0.1, 0.15) is 4.83 Å². The van der Waals surface area contributed by atoms with Crippen molar-refractivity contribution in [2.24, 2.45) is 0 Å². The topological polar surface area (TPSA) is 100 Å². The molecule has 0 atom stereocenters. The third kappa shape index (κ3) is 4.07. The molecular weight excluding hydrogens is 408 g/mol. The lowest BCUT2D eigenvalue weighted by Crippen LogP contribution is -2.42. The minimum atomic E-state index is -0.600. The smallest absolute Gasteiger partial charge is 0.332 e. The molecule has 3 aromatic rings. The van der Waals surface area contributed by atoms with Gasteiger partial charge in [-0.3, -0.25) is 18.5 Å². The van der Waals surface area contributed by atoms with Crippen LogP contribution in [0, 0.1) is 6.92 Å². The Hall–Kier alpha value is -2.43. The van der Waals surface area contributed by atoms with Gasteiger partial charge in [-0.25, -0.2) is 9.59 Å². The largest absolute Gasteiger partial charge is 0.351 e. The maximum atomic E-state index is 13.2. The van der Waals surface area contributed by atoms with Gasteiger partial charge in [0.2, 0.25) is 0 Å². The van der Waals surface area contributed by atoms with Crippen molar-refractivity contribution in [3.63, 3.8) is 0 Å². The third-order valence-electron chi connectivity index (χ3n) is 4.93. The molecule has 0 amide bonds. The van der Waals surface area contributed by atoms with Crippen LogP contribution in [0.3, 0.4) is 0 Å². The molecule has 1 N–H and O–H groups in total. The van der Waals surface area contributed by atoms with E-state index in [-0.39, 0.29) is 23.8 Å². The average molecular weight is 437 g/mol. The van der Waals surface area contributed by atoms with Crippen molar-refractivity contribution < 1.29 is 9.47 Å². The highest BCUT2D eigenvalue weighted by molar-refractivity contribution is 7.18. The zero-order chi connectivity index (χ0) is 22.0. The van der Waals surface area contributed by atoms with Gasteiger partial charge in [0.05, 0.1) is 18.5 Å². The summed E-state index contributed by atoms with van der Waals surface area (Å²) in [6, 6.07) is -0.298. The normalized spacial score (nSPS) is 12.0. The molecule has 0 spiro atoms. The van der Waals surface area contributed by atoms with E-state index in [1.807, 2.05) is 34.6 Å². The van der Waals surface area contributed by atoms with E-state index in [0.29, 0.717) is 30.0 Å². The van der Waals surface area contributed by atoms with Crippen LogP contribution in [0.15, 0.2) is 26.8 Å². The summed E-state index contributed by atoms with van der Waals surface area (Å²) in [5.41, 5.74) is -0.150. The van der Waals surface area contributed by atoms with Gasteiger partial charge in [-0.1, -0.05) is 0 Å². The zero-order valence-electron chi connectivity index (χ0n) is 17.9. The molecule has 0 aliphatic heterocycles. The highest BCUT2D eigenvalue weighted by Gasteiger charge is 2.23. The van der Waals surface area contributed by atoms with Gasteiger partial charge < -0.3 is 14.5 Å². The molecular formula is C20H28N4O5S. The number of hydrogen-bond donors (Lipinski definition) is 1. The Morgan fingerprint density at radius 2 is 1.80 bits per heavy atom. The number of nitrogens with one attached hydrogen (secondary N) is 1. The van der Waals surface area contributed by atoms with Crippen LogP contribution >= 0.6 is 11.3 Å². The summed E-state index contributed by atoms with van der Waals surface area (Å²) in [6.45, 7) is 10.6. The Labute approximate surface area is 177 Å². The molecule has 3 rings (SSSR count). The first-order valence-corrected chi connectivity index (χ1v) is 10.9. The molecule has 0 unspecified atom stereocenters. The molecule has 0 bridgehead atoms. The summed E-state index contributed by atoms with van der Waals surface area (Å²) in [7, 11) is 0. The molecule has 0 aliphatic carbocycles. The van der Waals surface area contributed by atoms with E-state index in [4.69, 9.17) is 9.47 Å². The molecule has 0 aromatic carbocycles. The second kappa shape index (κ2) is 9.15. The number of fused-ring (bicyclic) bond motifs is 1. The number of aromatic nitrogens is 4. The molecule has 30 heavy (non-hydrogen) atoms. The number of hydrogen-bond acceptors (Lipinski definition) is 6. The second-order valence-electron chi connectivity index (χ2n) is 7.23. The quantitative estimate of drug-likeness (QED) is 0.518. The molecule has 0 saturated heterocycles. The highest BCUT2D eigenvalue weighted by atomic mass is 32.1. The lowest BCUT2D eigenvalue weighted by molar-refractivity contribution is -0.143. The third-order valence-corrected chi connectivity index (χ3v) is 6.23. The van der Waals surface area contributed by atoms with Gasteiger partial charge in [-0.05, 0) is 40.2 Å². The van der Waals surface area contributed by atoms with E-state index < -0.39 is 12.0 Å². The van der Waals surface area contributed by atoms with Crippen molar-refractivity contribution in [2.75, 3.05) is 13.2 Å². The van der Waals surface area contributed by atoms with Crippen LogP contribution in [0.5, 0.6) is 0 Å². The van der Waals surface area contributed by atoms with Crippen LogP contribution in [0.1, 0.15) is 44.2 Å². The number of ether oxygens (including phenoxy) is 2. The summed E-state index contributed by atoms with van der Waals surface area (Å²) < 4.78 is 15.7. The van der Waals surface area contributed by atoms with Gasteiger partial charge in [0.15, 0.2) is 6.29 Å². The van der Waals surface area contributed by atoms with Crippen molar-refractivity contribution in [1.29, 1.82) is 0 Å². The molecule has 3 aromatic heterocycles. The van der Waals surface area contributed by atoms with Crippen molar-refractivity contribution in [1.82, 2.24) is 18.7 Å². The Morgan fingerprint density at radius 3 is 2.33 bits per heavy atom. The lowest BCUT2D eigenvalue weighted by atomic mass is 10.2. The minimum Gasteiger partial charge on any atom is -0.351 e. The molecule has 9 nitrogen and oxygen atoms in total. The summed E-state index contributed by atoms with van der Waals surface area (Å²) >= 11 is 1.35. The summed E-state index contributed by atoms with van der Waals surface area (Å²) in [6.07, 6.45) is 2.63. The Kier molecular flexibility index (Phi) is 6.79. The van der Waals surface area contributed by atoms with Crippen molar-refractivity contribution >= 4 is 21.6 Å². The number of aryl methyl sites for hydroxylation is 1. The van der Waals surface area contributed by atoms with Crippen LogP contribution in [0.4, 0.5) is 0 Å². The van der Waals surface area contributed by atoms with Crippen LogP contribution < -0.4 is 16.9 Å². The van der Waals surface area contributed by atoms with E-state index in [0.717, 1.165) is 10.4 Å². The van der Waals surface area contributed by atoms with Crippen molar-refractivity contribution in [3.05, 3.63) is 54.2 Å². The van der Waals surface area contributed by atoms with Crippen LogP contribution in [-0.2, 0) is 22.6 Å². The number of imidazole rings is 1. The van der Waals surface area contributed by atoms with Gasteiger partial charge >= 0.3 is 11.4 Å². The molecule has 164 valence electrons. The number of rotatable bonds is 9. The highest BCUT2D eigenvalue weighted by Crippen LogP contribution is 2.29. The van der Waals surface area contributed by atoms with Gasteiger partial charge in [0, 0.05) is 36.5 Å². The maximum Gasteiger partial charge on any atom is 0.332 e. The minimum absolute atomic E-state index is 0.174. The number of H-pyrrole nitrogens is 1. The molecule has 3 heterocycles. The predicted molar refractivity (Wildman–Crippen MR) is 117 cm³/mol. The van der Waals surface area contributed by atoms with Crippen molar-refractivity contribution in [2.45, 2.75) is 60.0 Å². The standard InChI is InChI=1S/C20H28N4O5S/c1-6-28-15(29-7-2)11-23-18-16(17(25)24(12(3)4)20(23)27)13(5)14(30-18)10-22-9-8-21-19(22)26/h8-9,12,15H,6-7,10-11H2,1-5H3,(H,21,26). The number of thiophene rings is 1. The maximum absolute atomic E-state index is 13.2. The lowest BCUT2D eigenvalue weighted by Gasteiger charge is -2.20. The molecule has 10 heteroatoms. The fourth-order valence-electron chi connectivity index (χ4n) is 3.48. The molecule has 0 saturated carbocycles. The molecule has 0 radical (unpaired) electrons. The Balaban J connectivity index is 2.24. The summed E-state index contributed by atoms with van der Waals surface area (Å²) in [4.78, 5) is 42.4. The molecule has 0 aliphatic rings. The fraction of sp³-hybridized carbons (Fsp3) is 0.550. The average Bonchev–Trinajstić information content (AvgIpc) is 3.22. The first kappa shape index (κ1) is 22.3. The van der Waals surface area contributed by atoms with Gasteiger partial charge in [-0.15, -0.1) is 11.3 Å². The van der Waals surface area contributed by atoms with Gasteiger partial charge in [-0.2, -0.15) is 0 Å². The molecule has 0 fully saturated rings.